The second-order valence-corrected chi connectivity index (χ2v) is 7.46. The van der Waals surface area contributed by atoms with E-state index in [1.807, 2.05) is 18.5 Å². The topological polar surface area (TPSA) is 88.9 Å². The molecule has 0 spiro atoms. The number of pyridine rings is 1. The monoisotopic (exact) mass is 429 g/mol. The molecule has 0 saturated heterocycles. The van der Waals surface area contributed by atoms with Crippen molar-refractivity contribution in [2.75, 3.05) is 10.6 Å². The molecule has 7 nitrogen and oxygen atoms in total. The lowest BCUT2D eigenvalue weighted by atomic mass is 10.1. The van der Waals surface area contributed by atoms with Gasteiger partial charge in [0.25, 0.3) is 5.91 Å². The van der Waals surface area contributed by atoms with Gasteiger partial charge in [0.1, 0.15) is 0 Å². The van der Waals surface area contributed by atoms with Crippen LogP contribution in [0.5, 0.6) is 0 Å². The maximum absolute atomic E-state index is 12.9. The molecule has 0 bridgehead atoms. The molecule has 2 N–H and O–H groups in total. The molecule has 0 aliphatic carbocycles. The van der Waals surface area contributed by atoms with Crippen molar-refractivity contribution in [3.63, 3.8) is 0 Å². The summed E-state index contributed by atoms with van der Waals surface area (Å²) in [7, 11) is 0. The fourth-order valence-electron chi connectivity index (χ4n) is 2.78. The summed E-state index contributed by atoms with van der Waals surface area (Å²) in [6.07, 6.45) is 1.71. The molecule has 0 radical (unpaired) electrons. The molecule has 2 amide bonds. The van der Waals surface area contributed by atoms with Crippen LogP contribution in [0.2, 0.25) is 0 Å². The lowest BCUT2D eigenvalue weighted by Gasteiger charge is -2.13. The summed E-state index contributed by atoms with van der Waals surface area (Å²) in [4.78, 5) is 28.8. The second kappa shape index (κ2) is 7.48. The van der Waals surface area contributed by atoms with Crippen molar-refractivity contribution in [2.24, 2.45) is 0 Å². The zero-order chi connectivity index (χ0) is 19.7. The van der Waals surface area contributed by atoms with Crippen LogP contribution in [0, 0.1) is 6.92 Å². The van der Waals surface area contributed by atoms with Crippen LogP contribution in [0.4, 0.5) is 11.4 Å². The fourth-order valence-corrected chi connectivity index (χ4v) is 3.14. The lowest BCUT2D eigenvalue weighted by Crippen LogP contribution is -2.17. The highest BCUT2D eigenvalue weighted by Gasteiger charge is 2.17. The van der Waals surface area contributed by atoms with Gasteiger partial charge in [-0.05, 0) is 45.0 Å². The third-order valence-electron chi connectivity index (χ3n) is 4.03. The third kappa shape index (κ3) is 4.00. The molecule has 3 rings (SSSR count). The lowest BCUT2D eigenvalue weighted by molar-refractivity contribution is -0.114. The Kier molecular flexibility index (Phi) is 5.27. The standard InChI is InChI=1S/C19H20BrN5O2/c1-10(2)25-18-13(9-21-25)7-15(11(3)22-18)19(27)24-17-8-14(20)5-6-16(17)23-12(4)26/h5-10H,1-4H3,(H,23,26)(H,24,27). The van der Waals surface area contributed by atoms with Gasteiger partial charge in [-0.2, -0.15) is 5.10 Å². The first-order chi connectivity index (χ1) is 12.8. The summed E-state index contributed by atoms with van der Waals surface area (Å²) in [5.74, 6) is -0.517. The van der Waals surface area contributed by atoms with E-state index >= 15 is 0 Å². The van der Waals surface area contributed by atoms with E-state index in [1.165, 1.54) is 6.92 Å². The second-order valence-electron chi connectivity index (χ2n) is 6.54. The van der Waals surface area contributed by atoms with Gasteiger partial charge >= 0.3 is 0 Å². The summed E-state index contributed by atoms with van der Waals surface area (Å²) < 4.78 is 2.61. The Labute approximate surface area is 165 Å². The maximum atomic E-state index is 12.9. The number of rotatable bonds is 4. The van der Waals surface area contributed by atoms with Crippen molar-refractivity contribution in [1.29, 1.82) is 0 Å². The van der Waals surface area contributed by atoms with Crippen molar-refractivity contribution in [3.05, 3.63) is 46.2 Å². The number of nitrogens with zero attached hydrogens (tertiary/aromatic N) is 3. The van der Waals surface area contributed by atoms with Crippen LogP contribution >= 0.6 is 15.9 Å². The molecular weight excluding hydrogens is 410 g/mol. The molecule has 3 aromatic rings. The van der Waals surface area contributed by atoms with Gasteiger partial charge in [0, 0.05) is 22.8 Å². The minimum absolute atomic E-state index is 0.177. The van der Waals surface area contributed by atoms with Crippen molar-refractivity contribution >= 4 is 50.2 Å². The minimum Gasteiger partial charge on any atom is -0.325 e. The number of amides is 2. The van der Waals surface area contributed by atoms with Crippen molar-refractivity contribution in [2.45, 2.75) is 33.7 Å². The largest absolute Gasteiger partial charge is 0.325 e. The van der Waals surface area contributed by atoms with Crippen molar-refractivity contribution in [3.8, 4) is 0 Å². The number of nitrogens with one attached hydrogen (secondary N) is 2. The Hall–Kier alpha value is -2.74. The molecule has 0 aliphatic rings. The summed E-state index contributed by atoms with van der Waals surface area (Å²) in [6.45, 7) is 7.27. The number of aromatic nitrogens is 3. The smallest absolute Gasteiger partial charge is 0.257 e. The zero-order valence-electron chi connectivity index (χ0n) is 15.5. The van der Waals surface area contributed by atoms with E-state index in [4.69, 9.17) is 0 Å². The molecule has 0 atom stereocenters. The zero-order valence-corrected chi connectivity index (χ0v) is 17.1. The van der Waals surface area contributed by atoms with Gasteiger partial charge in [-0.25, -0.2) is 9.67 Å². The van der Waals surface area contributed by atoms with Crippen LogP contribution < -0.4 is 10.6 Å². The first kappa shape index (κ1) is 19.0. The molecule has 1 aromatic carbocycles. The fraction of sp³-hybridized carbons (Fsp3) is 0.263. The summed E-state index contributed by atoms with van der Waals surface area (Å²) >= 11 is 3.38. The number of hydrogen-bond donors (Lipinski definition) is 2. The van der Waals surface area contributed by atoms with E-state index in [1.54, 1.807) is 37.4 Å². The Balaban J connectivity index is 1.96. The van der Waals surface area contributed by atoms with Gasteiger partial charge in [-0.15, -0.1) is 0 Å². The van der Waals surface area contributed by atoms with E-state index in [0.29, 0.717) is 22.6 Å². The minimum atomic E-state index is -0.302. The van der Waals surface area contributed by atoms with Crippen LogP contribution in [-0.4, -0.2) is 26.6 Å². The number of fused-ring (bicyclic) bond motifs is 1. The average molecular weight is 430 g/mol. The number of hydrogen-bond acceptors (Lipinski definition) is 4. The molecule has 2 aromatic heterocycles. The maximum Gasteiger partial charge on any atom is 0.257 e. The quantitative estimate of drug-likeness (QED) is 0.646. The van der Waals surface area contributed by atoms with Crippen LogP contribution in [0.1, 0.15) is 42.9 Å². The number of benzene rings is 1. The Morgan fingerprint density at radius 3 is 2.56 bits per heavy atom. The number of halogens is 1. The average Bonchev–Trinajstić information content (AvgIpc) is 2.99. The molecular formula is C19H20BrN5O2. The molecule has 8 heteroatoms. The predicted molar refractivity (Wildman–Crippen MR) is 109 cm³/mol. The van der Waals surface area contributed by atoms with Crippen LogP contribution in [0.15, 0.2) is 34.9 Å². The van der Waals surface area contributed by atoms with Gasteiger partial charge in [0.05, 0.1) is 28.8 Å². The molecule has 140 valence electrons. The first-order valence-corrected chi connectivity index (χ1v) is 9.29. The van der Waals surface area contributed by atoms with Crippen LogP contribution in [0.25, 0.3) is 11.0 Å². The SMILES string of the molecule is CC(=O)Nc1ccc(Br)cc1NC(=O)c1cc2cnn(C(C)C)c2nc1C. The Bertz CT molecular complexity index is 1040. The van der Waals surface area contributed by atoms with Gasteiger partial charge in [0.2, 0.25) is 5.91 Å². The third-order valence-corrected chi connectivity index (χ3v) is 4.53. The molecule has 0 fully saturated rings. The predicted octanol–water partition coefficient (Wildman–Crippen LogP) is 4.29. The van der Waals surface area contributed by atoms with Gasteiger partial charge < -0.3 is 10.6 Å². The molecule has 0 aliphatic heterocycles. The summed E-state index contributed by atoms with van der Waals surface area (Å²) in [5, 5.41) is 10.7. The molecule has 0 unspecified atom stereocenters. The number of anilines is 2. The van der Waals surface area contributed by atoms with Crippen molar-refractivity contribution < 1.29 is 9.59 Å². The number of aryl methyl sites for hydroxylation is 1. The normalized spacial score (nSPS) is 11.0. The van der Waals surface area contributed by atoms with Crippen molar-refractivity contribution in [1.82, 2.24) is 14.8 Å². The van der Waals surface area contributed by atoms with Crippen LogP contribution in [0.3, 0.4) is 0 Å². The van der Waals surface area contributed by atoms with E-state index in [2.05, 4.69) is 36.6 Å². The summed E-state index contributed by atoms with van der Waals surface area (Å²) in [6, 6.07) is 7.22. The number of carbonyl (C=O) groups excluding carboxylic acids is 2. The number of carbonyl (C=O) groups is 2. The van der Waals surface area contributed by atoms with E-state index in [9.17, 15) is 9.59 Å². The van der Waals surface area contributed by atoms with E-state index < -0.39 is 0 Å². The van der Waals surface area contributed by atoms with Crippen LogP contribution in [-0.2, 0) is 4.79 Å². The Morgan fingerprint density at radius 2 is 1.89 bits per heavy atom. The first-order valence-electron chi connectivity index (χ1n) is 8.49. The molecule has 2 heterocycles. The summed E-state index contributed by atoms with van der Waals surface area (Å²) in [5.41, 5.74) is 2.85. The highest BCUT2D eigenvalue weighted by atomic mass is 79.9. The van der Waals surface area contributed by atoms with Gasteiger partial charge in [0.15, 0.2) is 5.65 Å². The Morgan fingerprint density at radius 1 is 1.15 bits per heavy atom. The van der Waals surface area contributed by atoms with E-state index in [0.717, 1.165) is 15.5 Å². The van der Waals surface area contributed by atoms with E-state index in [-0.39, 0.29) is 17.9 Å². The van der Waals surface area contributed by atoms with Gasteiger partial charge in [-0.3, -0.25) is 9.59 Å². The van der Waals surface area contributed by atoms with Gasteiger partial charge in [-0.1, -0.05) is 15.9 Å². The highest BCUT2D eigenvalue weighted by Crippen LogP contribution is 2.27. The molecule has 27 heavy (non-hydrogen) atoms. The highest BCUT2D eigenvalue weighted by molar-refractivity contribution is 9.10. The molecule has 0 saturated carbocycles.